The van der Waals surface area contributed by atoms with E-state index in [9.17, 15) is 9.59 Å². The lowest BCUT2D eigenvalue weighted by molar-refractivity contribution is 0.812. The van der Waals surface area contributed by atoms with Crippen molar-refractivity contribution in [2.24, 2.45) is 0 Å². The molecule has 0 aliphatic carbocycles. The molecule has 0 atom stereocenters. The topological polar surface area (TPSA) is 54.9 Å². The third kappa shape index (κ3) is 2.77. The van der Waals surface area contributed by atoms with E-state index in [0.29, 0.717) is 17.0 Å². The first-order valence-electron chi connectivity index (χ1n) is 5.94. The average molecular weight is 334 g/mol. The Morgan fingerprint density at radius 3 is 2.50 bits per heavy atom. The highest BCUT2D eigenvalue weighted by atomic mass is 35.5. The average Bonchev–Trinajstić information content (AvgIpc) is 2.37. The van der Waals surface area contributed by atoms with Gasteiger partial charge in [-0.1, -0.05) is 48.1 Å². The SMILES string of the molecule is CCCc1c(Cl)[nH]c(=O)n(-c2ccc(Cl)cc2Cl)c1=O. The number of nitrogens with zero attached hydrogens (tertiary/aromatic N) is 1. The molecule has 0 unspecified atom stereocenters. The highest BCUT2D eigenvalue weighted by Crippen LogP contribution is 2.23. The van der Waals surface area contributed by atoms with Crippen LogP contribution < -0.4 is 11.2 Å². The minimum absolute atomic E-state index is 0.0724. The van der Waals surface area contributed by atoms with Gasteiger partial charge in [0.05, 0.1) is 16.3 Å². The van der Waals surface area contributed by atoms with E-state index in [1.54, 1.807) is 6.07 Å². The van der Waals surface area contributed by atoms with E-state index >= 15 is 0 Å². The fraction of sp³-hybridized carbons (Fsp3) is 0.231. The maximum Gasteiger partial charge on any atom is 0.334 e. The molecule has 0 aliphatic rings. The van der Waals surface area contributed by atoms with Crippen LogP contribution >= 0.6 is 34.8 Å². The second-order valence-electron chi connectivity index (χ2n) is 4.21. The molecule has 106 valence electrons. The van der Waals surface area contributed by atoms with Crippen molar-refractivity contribution in [1.82, 2.24) is 9.55 Å². The number of aromatic amines is 1. The van der Waals surface area contributed by atoms with Gasteiger partial charge in [0, 0.05) is 5.02 Å². The van der Waals surface area contributed by atoms with Crippen LogP contribution in [0.5, 0.6) is 0 Å². The normalized spacial score (nSPS) is 10.8. The Balaban J connectivity index is 2.77. The predicted molar refractivity (Wildman–Crippen MR) is 81.7 cm³/mol. The van der Waals surface area contributed by atoms with Crippen molar-refractivity contribution in [3.63, 3.8) is 0 Å². The molecule has 0 aliphatic heterocycles. The minimum Gasteiger partial charge on any atom is -0.297 e. The number of benzene rings is 1. The number of aromatic nitrogens is 2. The number of halogens is 3. The van der Waals surface area contributed by atoms with Crippen LogP contribution in [0.4, 0.5) is 0 Å². The lowest BCUT2D eigenvalue weighted by Gasteiger charge is -2.10. The molecule has 1 N–H and O–H groups in total. The molecule has 2 aromatic rings. The molecular formula is C13H11Cl3N2O2. The molecule has 0 amide bonds. The van der Waals surface area contributed by atoms with Crippen LogP contribution in [0.15, 0.2) is 27.8 Å². The van der Waals surface area contributed by atoms with Gasteiger partial charge in [-0.05, 0) is 24.6 Å². The molecule has 0 fully saturated rings. The summed E-state index contributed by atoms with van der Waals surface area (Å²) >= 11 is 17.8. The number of nitrogens with one attached hydrogen (secondary N) is 1. The summed E-state index contributed by atoms with van der Waals surface area (Å²) in [4.78, 5) is 26.8. The summed E-state index contributed by atoms with van der Waals surface area (Å²) in [5, 5.41) is 0.712. The molecule has 1 heterocycles. The van der Waals surface area contributed by atoms with E-state index in [-0.39, 0.29) is 15.9 Å². The van der Waals surface area contributed by atoms with Gasteiger partial charge in [0.25, 0.3) is 5.56 Å². The van der Waals surface area contributed by atoms with Crippen LogP contribution in [0.2, 0.25) is 15.2 Å². The maximum atomic E-state index is 12.4. The first-order chi connectivity index (χ1) is 9.45. The Morgan fingerprint density at radius 2 is 1.90 bits per heavy atom. The van der Waals surface area contributed by atoms with Crippen LogP contribution in [-0.2, 0) is 6.42 Å². The van der Waals surface area contributed by atoms with Gasteiger partial charge >= 0.3 is 5.69 Å². The van der Waals surface area contributed by atoms with Crippen LogP contribution in [0.1, 0.15) is 18.9 Å². The monoisotopic (exact) mass is 332 g/mol. The fourth-order valence-electron chi connectivity index (χ4n) is 1.89. The lowest BCUT2D eigenvalue weighted by atomic mass is 10.2. The van der Waals surface area contributed by atoms with Gasteiger partial charge in [-0.15, -0.1) is 0 Å². The molecule has 20 heavy (non-hydrogen) atoms. The summed E-state index contributed by atoms with van der Waals surface area (Å²) in [6, 6.07) is 4.55. The van der Waals surface area contributed by atoms with Crippen LogP contribution in [0.25, 0.3) is 5.69 Å². The van der Waals surface area contributed by atoms with E-state index < -0.39 is 11.2 Å². The zero-order chi connectivity index (χ0) is 14.9. The van der Waals surface area contributed by atoms with Gasteiger partial charge in [-0.3, -0.25) is 9.78 Å². The largest absolute Gasteiger partial charge is 0.334 e. The van der Waals surface area contributed by atoms with Crippen LogP contribution in [0.3, 0.4) is 0 Å². The molecular weight excluding hydrogens is 323 g/mol. The Labute approximate surface area is 129 Å². The Kier molecular flexibility index (Phi) is 4.58. The third-order valence-corrected chi connectivity index (χ3v) is 3.66. The van der Waals surface area contributed by atoms with Gasteiger partial charge in [-0.25, -0.2) is 9.36 Å². The summed E-state index contributed by atoms with van der Waals surface area (Å²) in [6.07, 6.45) is 1.20. The number of H-pyrrole nitrogens is 1. The van der Waals surface area contributed by atoms with Gasteiger partial charge in [0.15, 0.2) is 0 Å². The molecule has 1 aromatic heterocycles. The zero-order valence-corrected chi connectivity index (χ0v) is 12.8. The third-order valence-electron chi connectivity index (χ3n) is 2.80. The second kappa shape index (κ2) is 6.04. The predicted octanol–water partition coefficient (Wildman–Crippen LogP) is 3.44. The number of hydrogen-bond donors (Lipinski definition) is 1. The molecule has 1 aromatic carbocycles. The minimum atomic E-state index is -0.635. The molecule has 0 radical (unpaired) electrons. The molecule has 2 rings (SSSR count). The van der Waals surface area contributed by atoms with E-state index in [2.05, 4.69) is 4.98 Å². The molecule has 4 nitrogen and oxygen atoms in total. The molecule has 0 spiro atoms. The van der Waals surface area contributed by atoms with Crippen molar-refractivity contribution in [3.8, 4) is 5.69 Å². The van der Waals surface area contributed by atoms with Gasteiger partial charge in [-0.2, -0.15) is 0 Å². The van der Waals surface area contributed by atoms with Gasteiger partial charge < -0.3 is 0 Å². The van der Waals surface area contributed by atoms with Crippen molar-refractivity contribution in [2.45, 2.75) is 19.8 Å². The zero-order valence-electron chi connectivity index (χ0n) is 10.5. The van der Waals surface area contributed by atoms with E-state index in [4.69, 9.17) is 34.8 Å². The molecule has 7 heteroatoms. The summed E-state index contributed by atoms with van der Waals surface area (Å²) in [6.45, 7) is 1.92. The van der Waals surface area contributed by atoms with Crippen molar-refractivity contribution in [2.75, 3.05) is 0 Å². The van der Waals surface area contributed by atoms with Gasteiger partial charge in [0.1, 0.15) is 5.15 Å². The Hall–Kier alpha value is -1.23. The van der Waals surface area contributed by atoms with E-state index in [1.807, 2.05) is 6.92 Å². The summed E-state index contributed by atoms with van der Waals surface area (Å²) in [5.41, 5.74) is -0.468. The van der Waals surface area contributed by atoms with Gasteiger partial charge in [0.2, 0.25) is 0 Å². The Bertz CT molecular complexity index is 765. The fourth-order valence-corrected chi connectivity index (χ4v) is 2.64. The van der Waals surface area contributed by atoms with Crippen molar-refractivity contribution in [1.29, 1.82) is 0 Å². The molecule has 0 bridgehead atoms. The quantitative estimate of drug-likeness (QED) is 0.875. The smallest absolute Gasteiger partial charge is 0.297 e. The summed E-state index contributed by atoms with van der Waals surface area (Å²) in [5.74, 6) is 0. The van der Waals surface area contributed by atoms with Crippen molar-refractivity contribution >= 4 is 34.8 Å². The molecule has 0 saturated heterocycles. The highest BCUT2D eigenvalue weighted by molar-refractivity contribution is 6.35. The number of rotatable bonds is 3. The summed E-state index contributed by atoms with van der Waals surface area (Å²) in [7, 11) is 0. The van der Waals surface area contributed by atoms with E-state index in [0.717, 1.165) is 11.0 Å². The summed E-state index contributed by atoms with van der Waals surface area (Å²) < 4.78 is 0.968. The van der Waals surface area contributed by atoms with Crippen LogP contribution in [0, 0.1) is 0 Å². The van der Waals surface area contributed by atoms with Crippen molar-refractivity contribution < 1.29 is 0 Å². The standard InChI is InChI=1S/C13H11Cl3N2O2/c1-2-3-8-11(16)17-13(20)18(12(8)19)10-5-4-7(14)6-9(10)15/h4-6H,2-3H2,1H3,(H,17,20). The van der Waals surface area contributed by atoms with E-state index in [1.165, 1.54) is 12.1 Å². The number of hydrogen-bond acceptors (Lipinski definition) is 2. The first kappa shape index (κ1) is 15.2. The van der Waals surface area contributed by atoms with Crippen LogP contribution in [-0.4, -0.2) is 9.55 Å². The first-order valence-corrected chi connectivity index (χ1v) is 7.08. The second-order valence-corrected chi connectivity index (χ2v) is 5.43. The van der Waals surface area contributed by atoms with Crippen molar-refractivity contribution in [3.05, 3.63) is 59.8 Å². The molecule has 0 saturated carbocycles. The maximum absolute atomic E-state index is 12.4. The lowest BCUT2D eigenvalue weighted by Crippen LogP contribution is -2.36. The Morgan fingerprint density at radius 1 is 1.20 bits per heavy atom. The highest BCUT2D eigenvalue weighted by Gasteiger charge is 2.15.